The van der Waals surface area contributed by atoms with Gasteiger partial charge < -0.3 is 10.5 Å². The molecular formula is C10H11NO. The third-order valence-corrected chi connectivity index (χ3v) is 1.37. The number of nitrogens with two attached hydrogens (primary N) is 1. The van der Waals surface area contributed by atoms with E-state index in [9.17, 15) is 0 Å². The summed E-state index contributed by atoms with van der Waals surface area (Å²) in [5.41, 5.74) is 6.24. The number of terminal acetylenes is 1. The zero-order valence-electron chi connectivity index (χ0n) is 6.79. The van der Waals surface area contributed by atoms with Crippen molar-refractivity contribution < 1.29 is 4.74 Å². The lowest BCUT2D eigenvalue weighted by atomic mass is 10.3. The molecule has 0 atom stereocenters. The largest absolute Gasteiger partial charge is 0.493 e. The van der Waals surface area contributed by atoms with Gasteiger partial charge in [-0.25, -0.2) is 0 Å². The van der Waals surface area contributed by atoms with Crippen LogP contribution >= 0.6 is 0 Å². The highest BCUT2D eigenvalue weighted by Crippen LogP contribution is 2.14. The fraction of sp³-hybridized carbons (Fsp3) is 0.200. The number of rotatable bonds is 3. The van der Waals surface area contributed by atoms with E-state index in [-0.39, 0.29) is 0 Å². The summed E-state index contributed by atoms with van der Waals surface area (Å²) in [6, 6.07) is 7.29. The van der Waals surface area contributed by atoms with Gasteiger partial charge in [-0.05, 0) is 12.1 Å². The standard InChI is InChI=1S/C10H11NO/c1-2-3-7-12-10-6-4-5-9(11)8-10/h1,4-6,8H,3,7,11H2. The van der Waals surface area contributed by atoms with Crippen molar-refractivity contribution in [3.63, 3.8) is 0 Å². The monoisotopic (exact) mass is 161 g/mol. The Morgan fingerprint density at radius 1 is 1.50 bits per heavy atom. The maximum atomic E-state index is 5.54. The summed E-state index contributed by atoms with van der Waals surface area (Å²) in [5.74, 6) is 3.27. The molecule has 12 heavy (non-hydrogen) atoms. The topological polar surface area (TPSA) is 35.2 Å². The summed E-state index contributed by atoms with van der Waals surface area (Å²) in [6.07, 6.45) is 5.69. The highest BCUT2D eigenvalue weighted by atomic mass is 16.5. The van der Waals surface area contributed by atoms with Crippen molar-refractivity contribution >= 4 is 5.69 Å². The number of hydrogen-bond donors (Lipinski definition) is 1. The predicted molar refractivity (Wildman–Crippen MR) is 49.8 cm³/mol. The average molecular weight is 161 g/mol. The van der Waals surface area contributed by atoms with E-state index in [0.717, 1.165) is 5.75 Å². The van der Waals surface area contributed by atoms with Gasteiger partial charge in [0.2, 0.25) is 0 Å². The van der Waals surface area contributed by atoms with Gasteiger partial charge in [-0.15, -0.1) is 12.3 Å². The van der Waals surface area contributed by atoms with E-state index in [4.69, 9.17) is 16.9 Å². The third-order valence-electron chi connectivity index (χ3n) is 1.37. The van der Waals surface area contributed by atoms with Crippen LogP contribution in [0, 0.1) is 12.3 Å². The van der Waals surface area contributed by atoms with E-state index in [1.54, 1.807) is 6.07 Å². The van der Waals surface area contributed by atoms with E-state index in [1.807, 2.05) is 18.2 Å². The molecule has 2 heteroatoms. The van der Waals surface area contributed by atoms with Crippen molar-refractivity contribution in [1.82, 2.24) is 0 Å². The molecule has 0 aliphatic rings. The summed E-state index contributed by atoms with van der Waals surface area (Å²) in [7, 11) is 0. The second-order valence-corrected chi connectivity index (χ2v) is 2.38. The van der Waals surface area contributed by atoms with Crippen LogP contribution in [-0.2, 0) is 0 Å². The van der Waals surface area contributed by atoms with E-state index < -0.39 is 0 Å². The number of hydrogen-bond acceptors (Lipinski definition) is 2. The molecule has 0 bridgehead atoms. The lowest BCUT2D eigenvalue weighted by Crippen LogP contribution is -1.96. The molecule has 0 aromatic heterocycles. The minimum atomic E-state index is 0.542. The van der Waals surface area contributed by atoms with Crippen LogP contribution in [0.25, 0.3) is 0 Å². The van der Waals surface area contributed by atoms with Gasteiger partial charge in [0.05, 0.1) is 6.61 Å². The highest BCUT2D eigenvalue weighted by Gasteiger charge is 1.91. The highest BCUT2D eigenvalue weighted by molar-refractivity contribution is 5.43. The summed E-state index contributed by atoms with van der Waals surface area (Å²) in [5, 5.41) is 0. The minimum absolute atomic E-state index is 0.542. The van der Waals surface area contributed by atoms with Crippen molar-refractivity contribution in [2.45, 2.75) is 6.42 Å². The lowest BCUT2D eigenvalue weighted by Gasteiger charge is -2.03. The normalized spacial score (nSPS) is 8.92. The molecule has 2 N–H and O–H groups in total. The second kappa shape index (κ2) is 4.30. The van der Waals surface area contributed by atoms with Crippen molar-refractivity contribution in [3.8, 4) is 18.1 Å². The van der Waals surface area contributed by atoms with Gasteiger partial charge in [0.25, 0.3) is 0 Å². The minimum Gasteiger partial charge on any atom is -0.493 e. The average Bonchev–Trinajstić information content (AvgIpc) is 2.05. The molecule has 0 aliphatic heterocycles. The molecular weight excluding hydrogens is 150 g/mol. The van der Waals surface area contributed by atoms with Crippen LogP contribution in [0.15, 0.2) is 24.3 Å². The van der Waals surface area contributed by atoms with Crippen molar-refractivity contribution in [2.24, 2.45) is 0 Å². The fourth-order valence-corrected chi connectivity index (χ4v) is 0.832. The summed E-state index contributed by atoms with van der Waals surface area (Å²) >= 11 is 0. The Balaban J connectivity index is 2.48. The molecule has 0 saturated carbocycles. The van der Waals surface area contributed by atoms with Gasteiger partial charge in [-0.1, -0.05) is 6.07 Å². The zero-order chi connectivity index (χ0) is 8.81. The first-order valence-corrected chi connectivity index (χ1v) is 3.75. The smallest absolute Gasteiger partial charge is 0.121 e. The maximum Gasteiger partial charge on any atom is 0.121 e. The van der Waals surface area contributed by atoms with E-state index >= 15 is 0 Å². The van der Waals surface area contributed by atoms with Gasteiger partial charge in [0.1, 0.15) is 5.75 Å². The van der Waals surface area contributed by atoms with Gasteiger partial charge >= 0.3 is 0 Å². The molecule has 0 aliphatic carbocycles. The zero-order valence-corrected chi connectivity index (χ0v) is 6.79. The van der Waals surface area contributed by atoms with Crippen molar-refractivity contribution in [3.05, 3.63) is 24.3 Å². The molecule has 1 aromatic rings. The molecule has 2 nitrogen and oxygen atoms in total. The molecule has 0 heterocycles. The Bertz CT molecular complexity index is 288. The fourth-order valence-electron chi connectivity index (χ4n) is 0.832. The Kier molecular flexibility index (Phi) is 3.04. The lowest BCUT2D eigenvalue weighted by molar-refractivity contribution is 0.327. The number of ether oxygens (including phenoxy) is 1. The molecule has 62 valence electrons. The van der Waals surface area contributed by atoms with E-state index in [0.29, 0.717) is 18.7 Å². The van der Waals surface area contributed by atoms with Crippen LogP contribution in [0.4, 0.5) is 5.69 Å². The Morgan fingerprint density at radius 3 is 3.00 bits per heavy atom. The molecule has 0 saturated heterocycles. The van der Waals surface area contributed by atoms with Crippen LogP contribution in [0.3, 0.4) is 0 Å². The summed E-state index contributed by atoms with van der Waals surface area (Å²) < 4.78 is 5.30. The van der Waals surface area contributed by atoms with Gasteiger partial charge in [-0.2, -0.15) is 0 Å². The Hall–Kier alpha value is -1.62. The number of benzene rings is 1. The Labute approximate surface area is 72.3 Å². The van der Waals surface area contributed by atoms with E-state index in [2.05, 4.69) is 5.92 Å². The van der Waals surface area contributed by atoms with Gasteiger partial charge in [-0.3, -0.25) is 0 Å². The number of nitrogen functional groups attached to an aromatic ring is 1. The van der Waals surface area contributed by atoms with Crippen LogP contribution in [0.5, 0.6) is 5.75 Å². The van der Waals surface area contributed by atoms with Crippen LogP contribution in [-0.4, -0.2) is 6.61 Å². The molecule has 1 aromatic carbocycles. The Morgan fingerprint density at radius 2 is 2.33 bits per heavy atom. The van der Waals surface area contributed by atoms with Gasteiger partial charge in [0, 0.05) is 18.2 Å². The van der Waals surface area contributed by atoms with Gasteiger partial charge in [0.15, 0.2) is 0 Å². The van der Waals surface area contributed by atoms with Crippen molar-refractivity contribution in [2.75, 3.05) is 12.3 Å². The molecule has 0 radical (unpaired) electrons. The molecule has 0 amide bonds. The summed E-state index contributed by atoms with van der Waals surface area (Å²) in [6.45, 7) is 0.542. The molecule has 0 spiro atoms. The first-order valence-electron chi connectivity index (χ1n) is 3.75. The van der Waals surface area contributed by atoms with E-state index in [1.165, 1.54) is 0 Å². The third kappa shape index (κ3) is 2.55. The number of anilines is 1. The quantitative estimate of drug-likeness (QED) is 0.416. The molecule has 0 fully saturated rings. The SMILES string of the molecule is C#CCCOc1cccc(N)c1. The molecule has 1 rings (SSSR count). The van der Waals surface area contributed by atoms with Crippen molar-refractivity contribution in [1.29, 1.82) is 0 Å². The van der Waals surface area contributed by atoms with Crippen LogP contribution < -0.4 is 10.5 Å². The van der Waals surface area contributed by atoms with Crippen LogP contribution in [0.2, 0.25) is 0 Å². The molecule has 0 unspecified atom stereocenters. The van der Waals surface area contributed by atoms with Crippen LogP contribution in [0.1, 0.15) is 6.42 Å². The predicted octanol–water partition coefficient (Wildman–Crippen LogP) is 1.67. The maximum absolute atomic E-state index is 5.54. The first kappa shape index (κ1) is 8.48. The summed E-state index contributed by atoms with van der Waals surface area (Å²) in [4.78, 5) is 0. The second-order valence-electron chi connectivity index (χ2n) is 2.38. The first-order chi connectivity index (χ1) is 5.83.